The van der Waals surface area contributed by atoms with Crippen LogP contribution in [0.25, 0.3) is 0 Å². The molecular formula is C11H20N2O4. The molecule has 6 nitrogen and oxygen atoms in total. The number of rotatable bonds is 4. The first kappa shape index (κ1) is 13.8. The maximum atomic E-state index is 12.0. The Bertz CT molecular complexity index is 283. The van der Waals surface area contributed by atoms with Gasteiger partial charge in [-0.3, -0.25) is 4.79 Å². The molecule has 98 valence electrons. The second-order valence-electron chi connectivity index (χ2n) is 4.21. The van der Waals surface area contributed by atoms with Crippen molar-refractivity contribution in [2.75, 3.05) is 32.8 Å². The lowest BCUT2D eigenvalue weighted by molar-refractivity contribution is -0.143. The van der Waals surface area contributed by atoms with Crippen LogP contribution in [-0.4, -0.2) is 64.8 Å². The van der Waals surface area contributed by atoms with E-state index in [0.717, 1.165) is 6.42 Å². The Morgan fingerprint density at radius 3 is 2.71 bits per heavy atom. The lowest BCUT2D eigenvalue weighted by Crippen LogP contribution is -2.49. The van der Waals surface area contributed by atoms with Gasteiger partial charge in [0.15, 0.2) is 0 Å². The molecule has 2 amide bonds. The molecule has 1 saturated heterocycles. The number of aliphatic hydroxyl groups excluding tert-OH is 1. The van der Waals surface area contributed by atoms with Crippen molar-refractivity contribution in [3.05, 3.63) is 0 Å². The first-order valence-electron chi connectivity index (χ1n) is 5.97. The molecule has 0 aromatic rings. The third-order valence-corrected chi connectivity index (χ3v) is 3.06. The molecule has 1 fully saturated rings. The van der Waals surface area contributed by atoms with Crippen LogP contribution in [0.5, 0.6) is 0 Å². The van der Waals surface area contributed by atoms with Gasteiger partial charge in [-0.05, 0) is 19.8 Å². The Labute approximate surface area is 101 Å². The number of carbonyl (C=O) groups excluding carboxylic acids is 1. The van der Waals surface area contributed by atoms with Gasteiger partial charge in [0, 0.05) is 26.2 Å². The zero-order valence-corrected chi connectivity index (χ0v) is 10.1. The molecule has 0 aromatic heterocycles. The summed E-state index contributed by atoms with van der Waals surface area (Å²) >= 11 is 0. The standard InChI is InChI=1S/C11H20N2O4/c1-2-12(6-7-14)11(17)13-5-3-4-9(8-13)10(15)16/h9,14H,2-8H2,1H3,(H,15,16)/t9-/m0/s1. The maximum absolute atomic E-state index is 12.0. The van der Waals surface area contributed by atoms with Gasteiger partial charge >= 0.3 is 12.0 Å². The summed E-state index contributed by atoms with van der Waals surface area (Å²) < 4.78 is 0. The molecule has 1 aliphatic rings. The van der Waals surface area contributed by atoms with E-state index < -0.39 is 11.9 Å². The van der Waals surface area contributed by atoms with Crippen LogP contribution in [0.15, 0.2) is 0 Å². The molecule has 1 atom stereocenters. The number of hydrogen-bond donors (Lipinski definition) is 2. The van der Waals surface area contributed by atoms with Crippen LogP contribution >= 0.6 is 0 Å². The Hall–Kier alpha value is -1.30. The third kappa shape index (κ3) is 3.59. The molecule has 1 rings (SSSR count). The Kier molecular flexibility index (Phi) is 5.21. The summed E-state index contributed by atoms with van der Waals surface area (Å²) in [4.78, 5) is 26.0. The Morgan fingerprint density at radius 2 is 2.18 bits per heavy atom. The van der Waals surface area contributed by atoms with Crippen molar-refractivity contribution in [1.29, 1.82) is 0 Å². The van der Waals surface area contributed by atoms with Gasteiger partial charge in [-0.15, -0.1) is 0 Å². The second kappa shape index (κ2) is 6.44. The smallest absolute Gasteiger partial charge is 0.320 e. The van der Waals surface area contributed by atoms with E-state index in [1.807, 2.05) is 6.92 Å². The summed E-state index contributed by atoms with van der Waals surface area (Å²) in [7, 11) is 0. The van der Waals surface area contributed by atoms with Crippen LogP contribution < -0.4 is 0 Å². The van der Waals surface area contributed by atoms with E-state index in [0.29, 0.717) is 26.1 Å². The lowest BCUT2D eigenvalue weighted by Gasteiger charge is -2.34. The fourth-order valence-electron chi connectivity index (χ4n) is 2.06. The van der Waals surface area contributed by atoms with Gasteiger partial charge in [0.1, 0.15) is 0 Å². The number of carbonyl (C=O) groups is 2. The molecule has 0 bridgehead atoms. The Morgan fingerprint density at radius 1 is 1.47 bits per heavy atom. The van der Waals surface area contributed by atoms with E-state index >= 15 is 0 Å². The molecule has 17 heavy (non-hydrogen) atoms. The Balaban J connectivity index is 2.58. The number of aliphatic hydroxyl groups is 1. The van der Waals surface area contributed by atoms with Gasteiger partial charge in [-0.2, -0.15) is 0 Å². The number of likely N-dealkylation sites (tertiary alicyclic amines) is 1. The van der Waals surface area contributed by atoms with Crippen molar-refractivity contribution >= 4 is 12.0 Å². The number of amides is 2. The predicted octanol–water partition coefficient (Wildman–Crippen LogP) is 0.217. The number of hydrogen-bond acceptors (Lipinski definition) is 3. The number of nitrogens with zero attached hydrogens (tertiary/aromatic N) is 2. The molecule has 0 aliphatic carbocycles. The topological polar surface area (TPSA) is 81.1 Å². The number of carboxylic acids is 1. The van der Waals surface area contributed by atoms with Crippen molar-refractivity contribution in [3.63, 3.8) is 0 Å². The lowest BCUT2D eigenvalue weighted by atomic mass is 9.99. The number of urea groups is 1. The van der Waals surface area contributed by atoms with Crippen LogP contribution in [-0.2, 0) is 4.79 Å². The monoisotopic (exact) mass is 244 g/mol. The third-order valence-electron chi connectivity index (χ3n) is 3.06. The molecule has 0 spiro atoms. The second-order valence-corrected chi connectivity index (χ2v) is 4.21. The summed E-state index contributed by atoms with van der Waals surface area (Å²) in [5.74, 6) is -1.30. The first-order valence-corrected chi connectivity index (χ1v) is 5.97. The zero-order valence-electron chi connectivity index (χ0n) is 10.1. The van der Waals surface area contributed by atoms with Gasteiger partial charge in [-0.1, -0.05) is 0 Å². The largest absolute Gasteiger partial charge is 0.481 e. The summed E-state index contributed by atoms with van der Waals surface area (Å²) in [6, 6.07) is -0.174. The highest BCUT2D eigenvalue weighted by molar-refractivity contribution is 5.76. The average molecular weight is 244 g/mol. The van der Waals surface area contributed by atoms with Crippen LogP contribution in [0.2, 0.25) is 0 Å². The molecule has 0 saturated carbocycles. The minimum atomic E-state index is -0.840. The van der Waals surface area contributed by atoms with Crippen LogP contribution in [0.4, 0.5) is 4.79 Å². The normalized spacial score (nSPS) is 20.1. The fraction of sp³-hybridized carbons (Fsp3) is 0.818. The van der Waals surface area contributed by atoms with Crippen molar-refractivity contribution in [3.8, 4) is 0 Å². The number of piperidine rings is 1. The zero-order chi connectivity index (χ0) is 12.8. The molecule has 1 aliphatic heterocycles. The van der Waals surface area contributed by atoms with E-state index in [2.05, 4.69) is 0 Å². The van der Waals surface area contributed by atoms with Crippen molar-refractivity contribution in [2.45, 2.75) is 19.8 Å². The maximum Gasteiger partial charge on any atom is 0.320 e. The van der Waals surface area contributed by atoms with E-state index in [4.69, 9.17) is 10.2 Å². The van der Waals surface area contributed by atoms with Gasteiger partial charge in [0.05, 0.1) is 12.5 Å². The predicted molar refractivity (Wildman–Crippen MR) is 61.7 cm³/mol. The minimum absolute atomic E-state index is 0.0736. The van der Waals surface area contributed by atoms with Crippen molar-refractivity contribution in [2.24, 2.45) is 5.92 Å². The summed E-state index contributed by atoms with van der Waals surface area (Å²) in [6.07, 6.45) is 1.35. The van der Waals surface area contributed by atoms with E-state index in [-0.39, 0.29) is 19.2 Å². The van der Waals surface area contributed by atoms with E-state index in [9.17, 15) is 9.59 Å². The van der Waals surface area contributed by atoms with Crippen LogP contribution in [0, 0.1) is 5.92 Å². The molecule has 0 radical (unpaired) electrons. The quantitative estimate of drug-likeness (QED) is 0.741. The van der Waals surface area contributed by atoms with Crippen molar-refractivity contribution < 1.29 is 19.8 Å². The van der Waals surface area contributed by atoms with Gasteiger partial charge < -0.3 is 20.0 Å². The van der Waals surface area contributed by atoms with Crippen LogP contribution in [0.1, 0.15) is 19.8 Å². The first-order chi connectivity index (χ1) is 8.10. The molecule has 6 heteroatoms. The molecule has 1 heterocycles. The highest BCUT2D eigenvalue weighted by atomic mass is 16.4. The van der Waals surface area contributed by atoms with Crippen molar-refractivity contribution in [1.82, 2.24) is 9.80 Å². The molecule has 2 N–H and O–H groups in total. The SMILES string of the molecule is CCN(CCO)C(=O)N1CCC[C@H](C(=O)O)C1. The molecule has 0 aromatic carbocycles. The summed E-state index contributed by atoms with van der Waals surface area (Å²) in [5.41, 5.74) is 0. The van der Waals surface area contributed by atoms with Gasteiger partial charge in [0.2, 0.25) is 0 Å². The van der Waals surface area contributed by atoms with Gasteiger partial charge in [0.25, 0.3) is 0 Å². The summed E-state index contributed by atoms with van der Waals surface area (Å²) in [6.45, 7) is 3.46. The number of carboxylic acid groups (broad SMARTS) is 1. The minimum Gasteiger partial charge on any atom is -0.481 e. The molecular weight excluding hydrogens is 224 g/mol. The number of likely N-dealkylation sites (N-methyl/N-ethyl adjacent to an activating group) is 1. The fourth-order valence-corrected chi connectivity index (χ4v) is 2.06. The highest BCUT2D eigenvalue weighted by Crippen LogP contribution is 2.17. The number of aliphatic carboxylic acids is 1. The molecule has 0 unspecified atom stereocenters. The highest BCUT2D eigenvalue weighted by Gasteiger charge is 2.29. The summed E-state index contributed by atoms with van der Waals surface area (Å²) in [5, 5.41) is 17.8. The van der Waals surface area contributed by atoms with E-state index in [1.165, 1.54) is 4.90 Å². The van der Waals surface area contributed by atoms with Crippen LogP contribution in [0.3, 0.4) is 0 Å². The van der Waals surface area contributed by atoms with E-state index in [1.54, 1.807) is 4.90 Å². The van der Waals surface area contributed by atoms with Gasteiger partial charge in [-0.25, -0.2) is 4.79 Å². The average Bonchev–Trinajstić information content (AvgIpc) is 2.35.